The van der Waals surface area contributed by atoms with Crippen LogP contribution in [0.3, 0.4) is 0 Å². The summed E-state index contributed by atoms with van der Waals surface area (Å²) in [4.78, 5) is 10.8. The lowest BCUT2D eigenvalue weighted by atomic mass is 10.1. The zero-order valence-corrected chi connectivity index (χ0v) is 10.9. The first kappa shape index (κ1) is 12.6. The maximum Gasteiger partial charge on any atom is 0.227 e. The van der Waals surface area contributed by atoms with E-state index in [0.717, 1.165) is 16.8 Å². The third kappa shape index (κ3) is 2.51. The van der Waals surface area contributed by atoms with Crippen molar-refractivity contribution in [3.63, 3.8) is 0 Å². The number of amides is 1. The fourth-order valence-electron chi connectivity index (χ4n) is 1.52. The molecule has 1 amide bonds. The standard InChI is InChI=1S/C11H13N5OS/c1-7-4-3-5-9(8(7)2)16-11(13-14-15-16)18-6-10(12)17/h3-5H,6H2,1-2H3,(H2,12,17). The molecular formula is C11H13N5OS. The molecule has 0 radical (unpaired) electrons. The van der Waals surface area contributed by atoms with Gasteiger partial charge >= 0.3 is 0 Å². The van der Waals surface area contributed by atoms with Crippen LogP contribution in [0.2, 0.25) is 0 Å². The molecule has 0 fully saturated rings. The first-order valence-electron chi connectivity index (χ1n) is 5.35. The summed E-state index contributed by atoms with van der Waals surface area (Å²) in [5, 5.41) is 12.0. The Morgan fingerprint density at radius 2 is 2.22 bits per heavy atom. The van der Waals surface area contributed by atoms with E-state index < -0.39 is 5.91 Å². The van der Waals surface area contributed by atoms with E-state index in [9.17, 15) is 4.79 Å². The minimum absolute atomic E-state index is 0.158. The van der Waals surface area contributed by atoms with E-state index >= 15 is 0 Å². The number of nitrogens with zero attached hydrogens (tertiary/aromatic N) is 4. The number of primary amides is 1. The van der Waals surface area contributed by atoms with Gasteiger partial charge in [0, 0.05) is 0 Å². The molecule has 2 N–H and O–H groups in total. The van der Waals surface area contributed by atoms with Crippen molar-refractivity contribution < 1.29 is 4.79 Å². The molecule has 2 rings (SSSR count). The van der Waals surface area contributed by atoms with Crippen molar-refractivity contribution in [3.05, 3.63) is 29.3 Å². The number of aromatic nitrogens is 4. The van der Waals surface area contributed by atoms with Crippen molar-refractivity contribution in [2.24, 2.45) is 5.73 Å². The van der Waals surface area contributed by atoms with Gasteiger partial charge in [-0.25, -0.2) is 0 Å². The summed E-state index contributed by atoms with van der Waals surface area (Å²) >= 11 is 1.22. The molecule has 0 aliphatic rings. The third-order valence-corrected chi connectivity index (χ3v) is 3.53. The van der Waals surface area contributed by atoms with Crippen LogP contribution in [0.5, 0.6) is 0 Å². The average Bonchev–Trinajstić information content (AvgIpc) is 2.78. The number of benzene rings is 1. The summed E-state index contributed by atoms with van der Waals surface area (Å²) < 4.78 is 1.62. The molecule has 1 heterocycles. The highest BCUT2D eigenvalue weighted by molar-refractivity contribution is 7.99. The number of aryl methyl sites for hydroxylation is 1. The number of tetrazole rings is 1. The summed E-state index contributed by atoms with van der Waals surface area (Å²) in [7, 11) is 0. The van der Waals surface area contributed by atoms with Gasteiger partial charge in [-0.1, -0.05) is 23.9 Å². The maximum absolute atomic E-state index is 10.8. The lowest BCUT2D eigenvalue weighted by Gasteiger charge is -2.08. The minimum Gasteiger partial charge on any atom is -0.369 e. The van der Waals surface area contributed by atoms with E-state index in [2.05, 4.69) is 15.5 Å². The molecule has 0 aliphatic carbocycles. The summed E-state index contributed by atoms with van der Waals surface area (Å²) in [6, 6.07) is 5.91. The van der Waals surface area contributed by atoms with Gasteiger partial charge in [0.15, 0.2) is 0 Å². The van der Waals surface area contributed by atoms with E-state index in [0.29, 0.717) is 5.16 Å². The Balaban J connectivity index is 2.36. The van der Waals surface area contributed by atoms with E-state index in [1.807, 2.05) is 32.0 Å². The Morgan fingerprint density at radius 1 is 1.44 bits per heavy atom. The molecule has 94 valence electrons. The molecule has 0 spiro atoms. The largest absolute Gasteiger partial charge is 0.369 e. The van der Waals surface area contributed by atoms with Crippen molar-refractivity contribution in [2.75, 3.05) is 5.75 Å². The smallest absolute Gasteiger partial charge is 0.227 e. The van der Waals surface area contributed by atoms with Crippen molar-refractivity contribution in [1.82, 2.24) is 20.2 Å². The van der Waals surface area contributed by atoms with Crippen LogP contribution in [0, 0.1) is 13.8 Å². The second-order valence-electron chi connectivity index (χ2n) is 3.85. The Morgan fingerprint density at radius 3 is 2.94 bits per heavy atom. The molecule has 0 saturated heterocycles. The normalized spacial score (nSPS) is 10.6. The molecule has 0 saturated carbocycles. The second kappa shape index (κ2) is 5.18. The molecule has 0 bridgehead atoms. The highest BCUT2D eigenvalue weighted by Gasteiger charge is 2.12. The van der Waals surface area contributed by atoms with E-state index in [1.54, 1.807) is 4.68 Å². The third-order valence-electron chi connectivity index (χ3n) is 2.59. The Kier molecular flexibility index (Phi) is 3.61. The number of carbonyl (C=O) groups excluding carboxylic acids is 1. The second-order valence-corrected chi connectivity index (χ2v) is 4.79. The van der Waals surface area contributed by atoms with Crippen LogP contribution in [-0.4, -0.2) is 31.9 Å². The first-order chi connectivity index (χ1) is 8.59. The monoisotopic (exact) mass is 263 g/mol. The van der Waals surface area contributed by atoms with Gasteiger partial charge in [0.05, 0.1) is 11.4 Å². The van der Waals surface area contributed by atoms with Crippen molar-refractivity contribution in [2.45, 2.75) is 19.0 Å². The van der Waals surface area contributed by atoms with Gasteiger partial charge in [0.2, 0.25) is 11.1 Å². The Labute approximate surface area is 109 Å². The topological polar surface area (TPSA) is 86.7 Å². The van der Waals surface area contributed by atoms with Crippen LogP contribution < -0.4 is 5.73 Å². The molecule has 2 aromatic rings. The zero-order valence-electron chi connectivity index (χ0n) is 10.1. The van der Waals surface area contributed by atoms with E-state index in [-0.39, 0.29) is 5.75 Å². The van der Waals surface area contributed by atoms with Gasteiger partial charge in [-0.15, -0.1) is 5.10 Å². The van der Waals surface area contributed by atoms with Gasteiger partial charge in [-0.3, -0.25) is 4.79 Å². The summed E-state index contributed by atoms with van der Waals surface area (Å²) in [5.74, 6) is -0.235. The molecule has 1 aromatic heterocycles. The number of hydrogen-bond acceptors (Lipinski definition) is 5. The van der Waals surface area contributed by atoms with Gasteiger partial charge < -0.3 is 5.73 Å². The molecule has 18 heavy (non-hydrogen) atoms. The highest BCUT2D eigenvalue weighted by Crippen LogP contribution is 2.21. The van der Waals surface area contributed by atoms with Gasteiger partial charge in [0.1, 0.15) is 0 Å². The van der Waals surface area contributed by atoms with Crippen LogP contribution in [0.1, 0.15) is 11.1 Å². The fourth-order valence-corrected chi connectivity index (χ4v) is 2.14. The number of hydrogen-bond donors (Lipinski definition) is 1. The van der Waals surface area contributed by atoms with Crippen LogP contribution >= 0.6 is 11.8 Å². The molecule has 0 aliphatic heterocycles. The van der Waals surface area contributed by atoms with Crippen LogP contribution in [0.4, 0.5) is 0 Å². The predicted molar refractivity (Wildman–Crippen MR) is 68.5 cm³/mol. The molecule has 7 heteroatoms. The molecule has 0 unspecified atom stereocenters. The van der Waals surface area contributed by atoms with Crippen molar-refractivity contribution >= 4 is 17.7 Å². The van der Waals surface area contributed by atoms with Gasteiger partial charge in [-0.2, -0.15) is 4.68 Å². The predicted octanol–water partition coefficient (Wildman–Crippen LogP) is 0.857. The van der Waals surface area contributed by atoms with Crippen LogP contribution in [-0.2, 0) is 4.79 Å². The average molecular weight is 263 g/mol. The number of thioether (sulfide) groups is 1. The summed E-state index contributed by atoms with van der Waals surface area (Å²) in [5.41, 5.74) is 8.29. The highest BCUT2D eigenvalue weighted by atomic mass is 32.2. The Hall–Kier alpha value is -1.89. The maximum atomic E-state index is 10.8. The molecule has 1 aromatic carbocycles. The van der Waals surface area contributed by atoms with Gasteiger partial charge in [0.25, 0.3) is 0 Å². The van der Waals surface area contributed by atoms with E-state index in [1.165, 1.54) is 11.8 Å². The minimum atomic E-state index is -0.393. The lowest BCUT2D eigenvalue weighted by Crippen LogP contribution is -2.14. The van der Waals surface area contributed by atoms with E-state index in [4.69, 9.17) is 5.73 Å². The number of carbonyl (C=O) groups is 1. The van der Waals surface area contributed by atoms with Crippen molar-refractivity contribution in [1.29, 1.82) is 0 Å². The quantitative estimate of drug-likeness (QED) is 0.827. The van der Waals surface area contributed by atoms with Crippen LogP contribution in [0.25, 0.3) is 5.69 Å². The number of rotatable bonds is 4. The first-order valence-corrected chi connectivity index (χ1v) is 6.34. The SMILES string of the molecule is Cc1cccc(-n2nnnc2SCC(N)=O)c1C. The fraction of sp³-hybridized carbons (Fsp3) is 0.273. The molecule has 0 atom stereocenters. The van der Waals surface area contributed by atoms with Crippen molar-refractivity contribution in [3.8, 4) is 5.69 Å². The van der Waals surface area contributed by atoms with Gasteiger partial charge in [-0.05, 0) is 41.5 Å². The zero-order chi connectivity index (χ0) is 13.1. The van der Waals surface area contributed by atoms with Crippen LogP contribution in [0.15, 0.2) is 23.4 Å². The molecule has 6 nitrogen and oxygen atoms in total. The number of nitrogens with two attached hydrogens (primary N) is 1. The summed E-state index contributed by atoms with van der Waals surface area (Å²) in [6.07, 6.45) is 0. The Bertz CT molecular complexity index is 581. The molecular weight excluding hydrogens is 250 g/mol. The lowest BCUT2D eigenvalue weighted by molar-refractivity contribution is -0.115. The summed E-state index contributed by atoms with van der Waals surface area (Å²) in [6.45, 7) is 4.04.